The van der Waals surface area contributed by atoms with Crippen LogP contribution in [0.4, 0.5) is 0 Å². The van der Waals surface area contributed by atoms with E-state index in [1.807, 2.05) is 6.66 Å². The van der Waals surface area contributed by atoms with E-state index in [0.29, 0.717) is 0 Å². The van der Waals surface area contributed by atoms with Crippen LogP contribution in [-0.4, -0.2) is 0 Å². The van der Waals surface area contributed by atoms with Crippen molar-refractivity contribution in [2.24, 2.45) is 0 Å². The number of rotatable bonds is 16. The standard InChI is InChI=1S/2C13H21.2ClH.Hf/c2*1-2-3-4-5-6-7-10-13-11-8-9-12-13;;;/h2*8,11H,2-7,9-10H2,1H3;2*1H;. The summed E-state index contributed by atoms with van der Waals surface area (Å²) in [5.74, 6) is 0. The Bertz CT molecular complexity index is 495. The fourth-order valence-corrected chi connectivity index (χ4v) is 9.75. The second-order valence-corrected chi connectivity index (χ2v) is 13.6. The molecule has 0 fully saturated rings. The van der Waals surface area contributed by atoms with Gasteiger partial charge in [-0.2, -0.15) is 0 Å². The predicted octanol–water partition coefficient (Wildman–Crippen LogP) is 9.84. The number of hydrogen-bond donors (Lipinski definition) is 0. The minimum Gasteiger partial charge on any atom is -0.147 e. The third kappa shape index (κ3) is 12.1. The quantitative estimate of drug-likeness (QED) is 0.121. The molecule has 2 rings (SSSR count). The molecule has 0 amide bonds. The first-order valence-electron chi connectivity index (χ1n) is 11.9. The van der Waals surface area contributed by atoms with Crippen molar-refractivity contribution < 1.29 is 22.9 Å². The molecule has 0 saturated carbocycles. The van der Waals surface area contributed by atoms with E-state index in [2.05, 4.69) is 38.2 Å². The van der Waals surface area contributed by atoms with Crippen LogP contribution >= 0.6 is 24.8 Å². The smallest absolute Gasteiger partial charge is 0.147 e. The number of halogens is 2. The van der Waals surface area contributed by atoms with Crippen LogP contribution in [0.1, 0.15) is 117 Å². The van der Waals surface area contributed by atoms with Gasteiger partial charge in [0.15, 0.2) is 0 Å². The third-order valence-corrected chi connectivity index (χ3v) is 11.9. The van der Waals surface area contributed by atoms with Gasteiger partial charge in [0.2, 0.25) is 0 Å². The Morgan fingerprint density at radius 1 is 0.586 bits per heavy atom. The molecule has 0 radical (unpaired) electrons. The van der Waals surface area contributed by atoms with Gasteiger partial charge >= 0.3 is 182 Å². The Kier molecular flexibility index (Phi) is 19.4. The van der Waals surface area contributed by atoms with Crippen LogP contribution in [0.5, 0.6) is 0 Å². The Balaban J connectivity index is 0.00000392. The fraction of sp³-hybridized carbons (Fsp3) is 0.692. The molecule has 0 bridgehead atoms. The second-order valence-electron chi connectivity index (χ2n) is 8.38. The van der Waals surface area contributed by atoms with Gasteiger partial charge in [0.05, 0.1) is 0 Å². The molecule has 0 unspecified atom stereocenters. The summed E-state index contributed by atoms with van der Waals surface area (Å²) in [6, 6.07) is 0. The van der Waals surface area contributed by atoms with Crippen LogP contribution in [0.2, 0.25) is 0 Å². The van der Waals surface area contributed by atoms with E-state index in [9.17, 15) is 0 Å². The van der Waals surface area contributed by atoms with Crippen molar-refractivity contribution in [2.45, 2.75) is 117 Å². The predicted molar refractivity (Wildman–Crippen MR) is 132 cm³/mol. The summed E-state index contributed by atoms with van der Waals surface area (Å²) in [6.45, 7) is 4.61. The summed E-state index contributed by atoms with van der Waals surface area (Å²) in [5.41, 5.74) is 3.51. The average Bonchev–Trinajstić information content (AvgIpc) is 3.31. The molecule has 0 saturated heterocycles. The Morgan fingerprint density at radius 2 is 0.966 bits per heavy atom. The number of unbranched alkanes of at least 4 members (excludes halogenated alkanes) is 10. The first-order chi connectivity index (χ1) is 13.3. The van der Waals surface area contributed by atoms with Gasteiger partial charge in [-0.25, -0.2) is 0 Å². The van der Waals surface area contributed by atoms with Crippen molar-refractivity contribution in [1.29, 1.82) is 0 Å². The van der Waals surface area contributed by atoms with Gasteiger partial charge in [-0.05, 0) is 0 Å². The molecule has 0 aromatic heterocycles. The molecule has 2 aliphatic carbocycles. The summed E-state index contributed by atoms with van der Waals surface area (Å²) in [4.78, 5) is 0. The molecule has 0 aromatic rings. The molecule has 166 valence electrons. The van der Waals surface area contributed by atoms with Crippen LogP contribution in [0.3, 0.4) is 0 Å². The first kappa shape index (κ1) is 29.4. The van der Waals surface area contributed by atoms with Crippen molar-refractivity contribution in [2.75, 3.05) is 0 Å². The largest absolute Gasteiger partial charge is 0.147 e. The maximum atomic E-state index is 2.48. The van der Waals surface area contributed by atoms with E-state index in [1.165, 1.54) is 103 Å². The molecule has 0 N–H and O–H groups in total. The SMILES string of the molecule is CCCCCCCCC1=[C]([Hf][C]2=C(CCCCCCCC)C=CC2)CC=C1.Cl.Cl. The number of hydrogen-bond acceptors (Lipinski definition) is 0. The van der Waals surface area contributed by atoms with E-state index in [1.54, 1.807) is 11.1 Å². The Hall–Kier alpha value is 0.410. The summed E-state index contributed by atoms with van der Waals surface area (Å²) < 4.78 is 3.84. The molecule has 0 atom stereocenters. The molecule has 0 aliphatic heterocycles. The van der Waals surface area contributed by atoms with Crippen molar-refractivity contribution in [3.63, 3.8) is 0 Å². The van der Waals surface area contributed by atoms with Crippen LogP contribution in [0.15, 0.2) is 42.1 Å². The molecule has 0 nitrogen and oxygen atoms in total. The van der Waals surface area contributed by atoms with Crippen LogP contribution < -0.4 is 0 Å². The van der Waals surface area contributed by atoms with Crippen molar-refractivity contribution >= 4 is 24.8 Å². The molecule has 0 heterocycles. The summed E-state index contributed by atoms with van der Waals surface area (Å²) >= 11 is -0.767. The minimum atomic E-state index is -0.767. The molecule has 3 heteroatoms. The van der Waals surface area contributed by atoms with Gasteiger partial charge in [0.25, 0.3) is 0 Å². The van der Waals surface area contributed by atoms with Crippen LogP contribution in [-0.2, 0) is 22.9 Å². The van der Waals surface area contributed by atoms with Gasteiger partial charge in [-0.1, -0.05) is 0 Å². The topological polar surface area (TPSA) is 0 Å². The van der Waals surface area contributed by atoms with Crippen LogP contribution in [0.25, 0.3) is 0 Å². The molecular formula is C26H44Cl2Hf. The number of allylic oxidation sites excluding steroid dienone is 8. The molecular weight excluding hydrogens is 562 g/mol. The van der Waals surface area contributed by atoms with Gasteiger partial charge in [-0.15, -0.1) is 24.8 Å². The normalized spacial score (nSPS) is 15.1. The van der Waals surface area contributed by atoms with Crippen molar-refractivity contribution in [3.8, 4) is 0 Å². The van der Waals surface area contributed by atoms with E-state index in [0.717, 1.165) is 0 Å². The average molecular weight is 606 g/mol. The van der Waals surface area contributed by atoms with E-state index >= 15 is 0 Å². The zero-order valence-electron chi connectivity index (χ0n) is 18.9. The van der Waals surface area contributed by atoms with Gasteiger partial charge < -0.3 is 0 Å². The summed E-state index contributed by atoms with van der Waals surface area (Å²) in [7, 11) is 0. The van der Waals surface area contributed by atoms with Gasteiger partial charge in [-0.3, -0.25) is 0 Å². The maximum Gasteiger partial charge on any atom is -0.147 e. The third-order valence-electron chi connectivity index (χ3n) is 5.96. The van der Waals surface area contributed by atoms with Crippen molar-refractivity contribution in [3.05, 3.63) is 42.1 Å². The maximum absolute atomic E-state index is 2.48. The second kappa shape index (κ2) is 19.1. The Morgan fingerprint density at radius 3 is 1.38 bits per heavy atom. The fourth-order valence-electron chi connectivity index (χ4n) is 4.21. The van der Waals surface area contributed by atoms with Gasteiger partial charge in [0, 0.05) is 0 Å². The van der Waals surface area contributed by atoms with Gasteiger partial charge in [0.1, 0.15) is 0 Å². The zero-order chi connectivity index (χ0) is 19.2. The molecule has 2 aliphatic rings. The van der Waals surface area contributed by atoms with Crippen molar-refractivity contribution in [1.82, 2.24) is 0 Å². The zero-order valence-corrected chi connectivity index (χ0v) is 24.2. The molecule has 0 spiro atoms. The Labute approximate surface area is 205 Å². The summed E-state index contributed by atoms with van der Waals surface area (Å²) in [6.07, 6.45) is 32.2. The van der Waals surface area contributed by atoms with Crippen LogP contribution in [0, 0.1) is 0 Å². The van der Waals surface area contributed by atoms with E-state index in [4.69, 9.17) is 0 Å². The molecule has 29 heavy (non-hydrogen) atoms. The van der Waals surface area contributed by atoms with E-state index < -0.39 is 22.9 Å². The minimum absolute atomic E-state index is 0. The summed E-state index contributed by atoms with van der Waals surface area (Å²) in [5, 5.41) is 0. The van der Waals surface area contributed by atoms with E-state index in [-0.39, 0.29) is 24.8 Å². The monoisotopic (exact) mass is 606 g/mol. The first-order valence-corrected chi connectivity index (χ1v) is 15.5. The molecule has 0 aromatic carbocycles.